The van der Waals surface area contributed by atoms with Crippen molar-refractivity contribution in [2.45, 2.75) is 15.5 Å². The molecule has 0 bridgehead atoms. The summed E-state index contributed by atoms with van der Waals surface area (Å²) in [7, 11) is 5.65. The highest BCUT2D eigenvalue weighted by atomic mass is 35.5. The van der Waals surface area contributed by atoms with Gasteiger partial charge in [0, 0.05) is 18.0 Å². The smallest absolute Gasteiger partial charge is 0.230 e. The van der Waals surface area contributed by atoms with Crippen molar-refractivity contribution in [2.75, 3.05) is 39.2 Å². The van der Waals surface area contributed by atoms with E-state index in [9.17, 15) is 4.79 Å². The number of rotatable bonds is 5. The van der Waals surface area contributed by atoms with Gasteiger partial charge in [-0.05, 0) is 43.9 Å². The molecule has 6 heteroatoms. The zero-order chi connectivity index (χ0) is 18.7. The van der Waals surface area contributed by atoms with Crippen LogP contribution >= 0.6 is 23.4 Å². The van der Waals surface area contributed by atoms with Crippen LogP contribution in [0.2, 0.25) is 0 Å². The van der Waals surface area contributed by atoms with Crippen molar-refractivity contribution in [1.29, 1.82) is 0 Å². The van der Waals surface area contributed by atoms with Gasteiger partial charge in [-0.2, -0.15) is 0 Å². The SMILES string of the molecule is COc1ccc(C2(Cl)CC(=O)N(CCN(C)C)c3ccccc3S2)cc1. The first-order valence-electron chi connectivity index (χ1n) is 8.49. The van der Waals surface area contributed by atoms with Gasteiger partial charge in [-0.25, -0.2) is 0 Å². The second kappa shape index (κ2) is 7.91. The van der Waals surface area contributed by atoms with Crippen LogP contribution in [0.5, 0.6) is 5.75 Å². The number of carbonyl (C=O) groups is 1. The van der Waals surface area contributed by atoms with Crippen molar-refractivity contribution in [2.24, 2.45) is 0 Å². The molecular weight excluding hydrogens is 368 g/mol. The van der Waals surface area contributed by atoms with Gasteiger partial charge in [0.05, 0.1) is 19.2 Å². The summed E-state index contributed by atoms with van der Waals surface area (Å²) in [6, 6.07) is 15.6. The number of methoxy groups -OCH3 is 1. The first kappa shape index (κ1) is 19.1. The fourth-order valence-electron chi connectivity index (χ4n) is 2.95. The van der Waals surface area contributed by atoms with E-state index in [0.29, 0.717) is 6.54 Å². The maximum Gasteiger partial charge on any atom is 0.230 e. The number of benzene rings is 2. The van der Waals surface area contributed by atoms with Gasteiger partial charge >= 0.3 is 0 Å². The molecule has 0 spiro atoms. The largest absolute Gasteiger partial charge is 0.497 e. The third kappa shape index (κ3) is 4.00. The molecule has 2 aromatic rings. The van der Waals surface area contributed by atoms with Crippen LogP contribution in [0.25, 0.3) is 0 Å². The van der Waals surface area contributed by atoms with Crippen LogP contribution in [0.3, 0.4) is 0 Å². The Labute approximate surface area is 164 Å². The molecule has 2 aromatic carbocycles. The summed E-state index contributed by atoms with van der Waals surface area (Å²) in [6.07, 6.45) is 0.230. The lowest BCUT2D eigenvalue weighted by Gasteiger charge is -2.26. The van der Waals surface area contributed by atoms with E-state index in [2.05, 4.69) is 4.90 Å². The lowest BCUT2D eigenvalue weighted by Crippen LogP contribution is -2.37. The summed E-state index contributed by atoms with van der Waals surface area (Å²) in [5.41, 5.74) is 1.84. The molecule has 0 radical (unpaired) electrons. The van der Waals surface area contributed by atoms with Crippen molar-refractivity contribution < 1.29 is 9.53 Å². The van der Waals surface area contributed by atoms with E-state index in [1.165, 1.54) is 11.8 Å². The fourth-order valence-corrected chi connectivity index (χ4v) is 4.66. The zero-order valence-corrected chi connectivity index (χ0v) is 16.8. The summed E-state index contributed by atoms with van der Waals surface area (Å²) in [4.78, 5) is 18.0. The predicted molar refractivity (Wildman–Crippen MR) is 108 cm³/mol. The Morgan fingerprint density at radius 1 is 1.19 bits per heavy atom. The number of anilines is 1. The third-order valence-electron chi connectivity index (χ3n) is 4.40. The predicted octanol–water partition coefficient (Wildman–Crippen LogP) is 4.18. The van der Waals surface area contributed by atoms with Crippen LogP contribution in [0.15, 0.2) is 53.4 Å². The highest BCUT2D eigenvalue weighted by Gasteiger charge is 2.39. The molecule has 26 heavy (non-hydrogen) atoms. The van der Waals surface area contributed by atoms with E-state index in [-0.39, 0.29) is 12.3 Å². The van der Waals surface area contributed by atoms with E-state index in [1.807, 2.05) is 67.5 Å². The highest BCUT2D eigenvalue weighted by Crippen LogP contribution is 2.52. The third-order valence-corrected chi connectivity index (χ3v) is 6.25. The molecule has 4 nitrogen and oxygen atoms in total. The van der Waals surface area contributed by atoms with Crippen molar-refractivity contribution in [3.8, 4) is 5.75 Å². The fraction of sp³-hybridized carbons (Fsp3) is 0.350. The number of carbonyl (C=O) groups excluding carboxylic acids is 1. The lowest BCUT2D eigenvalue weighted by atomic mass is 10.1. The number of alkyl halides is 1. The number of hydrogen-bond acceptors (Lipinski definition) is 4. The van der Waals surface area contributed by atoms with Crippen LogP contribution in [-0.4, -0.2) is 45.1 Å². The molecule has 0 saturated heterocycles. The van der Waals surface area contributed by atoms with Crippen molar-refractivity contribution >= 4 is 35.0 Å². The van der Waals surface area contributed by atoms with E-state index in [1.54, 1.807) is 7.11 Å². The van der Waals surface area contributed by atoms with Crippen molar-refractivity contribution in [3.63, 3.8) is 0 Å². The van der Waals surface area contributed by atoms with Crippen LogP contribution in [0.4, 0.5) is 5.69 Å². The number of para-hydroxylation sites is 1. The summed E-state index contributed by atoms with van der Waals surface area (Å²) in [5.74, 6) is 0.807. The number of amides is 1. The van der Waals surface area contributed by atoms with Gasteiger partial charge in [0.1, 0.15) is 9.96 Å². The number of fused-ring (bicyclic) bond motifs is 1. The first-order chi connectivity index (χ1) is 12.4. The van der Waals surface area contributed by atoms with Crippen LogP contribution in [0, 0.1) is 0 Å². The molecule has 0 N–H and O–H groups in total. The van der Waals surface area contributed by atoms with E-state index >= 15 is 0 Å². The molecule has 0 fully saturated rings. The lowest BCUT2D eigenvalue weighted by molar-refractivity contribution is -0.118. The molecule has 0 aromatic heterocycles. The van der Waals surface area contributed by atoms with E-state index < -0.39 is 4.21 Å². The number of halogens is 1. The molecular formula is C20H23ClN2O2S. The number of hydrogen-bond donors (Lipinski definition) is 0. The Morgan fingerprint density at radius 3 is 2.54 bits per heavy atom. The summed E-state index contributed by atoms with van der Waals surface area (Å²) in [6.45, 7) is 1.43. The molecule has 1 aliphatic rings. The molecule has 1 unspecified atom stereocenters. The molecule has 1 heterocycles. The normalized spacial score (nSPS) is 20.0. The Kier molecular flexibility index (Phi) is 5.80. The maximum absolute atomic E-state index is 13.1. The quantitative estimate of drug-likeness (QED) is 0.717. The van der Waals surface area contributed by atoms with Crippen molar-refractivity contribution in [3.05, 3.63) is 54.1 Å². The van der Waals surface area contributed by atoms with Gasteiger partial charge in [-0.15, -0.1) is 11.6 Å². The second-order valence-corrected chi connectivity index (χ2v) is 8.76. The number of ether oxygens (including phenoxy) is 1. The van der Waals surface area contributed by atoms with Gasteiger partial charge < -0.3 is 14.5 Å². The minimum Gasteiger partial charge on any atom is -0.497 e. The molecule has 0 aliphatic carbocycles. The minimum atomic E-state index is -0.841. The Morgan fingerprint density at radius 2 is 1.88 bits per heavy atom. The average molecular weight is 391 g/mol. The van der Waals surface area contributed by atoms with Crippen LogP contribution in [-0.2, 0) is 9.00 Å². The van der Waals surface area contributed by atoms with Crippen LogP contribution in [0.1, 0.15) is 12.0 Å². The summed E-state index contributed by atoms with van der Waals surface area (Å²) >= 11 is 8.55. The maximum atomic E-state index is 13.1. The Bertz CT molecular complexity index is 782. The highest BCUT2D eigenvalue weighted by molar-refractivity contribution is 8.01. The zero-order valence-electron chi connectivity index (χ0n) is 15.2. The monoisotopic (exact) mass is 390 g/mol. The number of nitrogens with zero attached hydrogens (tertiary/aromatic N) is 2. The van der Waals surface area contributed by atoms with Gasteiger partial charge in [-0.3, -0.25) is 4.79 Å². The molecule has 1 aliphatic heterocycles. The van der Waals surface area contributed by atoms with Crippen LogP contribution < -0.4 is 9.64 Å². The topological polar surface area (TPSA) is 32.8 Å². The van der Waals surface area contributed by atoms with E-state index in [4.69, 9.17) is 16.3 Å². The summed E-state index contributed by atoms with van der Waals surface area (Å²) in [5, 5.41) is 0. The molecule has 1 amide bonds. The Balaban J connectivity index is 1.98. The summed E-state index contributed by atoms with van der Waals surface area (Å²) < 4.78 is 4.39. The standard InChI is InChI=1S/C20H23ClN2O2S/c1-22(2)12-13-23-17-6-4-5-7-18(17)26-20(21,14-19(23)24)15-8-10-16(25-3)11-9-15/h4-11H,12-14H2,1-3H3. The molecule has 1 atom stereocenters. The van der Waals surface area contributed by atoms with Gasteiger partial charge in [-0.1, -0.05) is 36.0 Å². The van der Waals surface area contributed by atoms with Gasteiger partial charge in [0.15, 0.2) is 0 Å². The second-order valence-electron chi connectivity index (χ2n) is 6.55. The van der Waals surface area contributed by atoms with Crippen molar-refractivity contribution in [1.82, 2.24) is 4.90 Å². The molecule has 3 rings (SSSR count). The van der Waals surface area contributed by atoms with E-state index in [0.717, 1.165) is 28.4 Å². The first-order valence-corrected chi connectivity index (χ1v) is 9.69. The average Bonchev–Trinajstić information content (AvgIpc) is 2.73. The molecule has 0 saturated carbocycles. The van der Waals surface area contributed by atoms with Gasteiger partial charge in [0.2, 0.25) is 5.91 Å². The number of thioether (sulfide) groups is 1. The van der Waals surface area contributed by atoms with Gasteiger partial charge in [0.25, 0.3) is 0 Å². The Hall–Kier alpha value is -1.69. The minimum absolute atomic E-state index is 0.0371. The molecule has 138 valence electrons. The number of likely N-dealkylation sites (N-methyl/N-ethyl adjacent to an activating group) is 1.